The van der Waals surface area contributed by atoms with E-state index in [1.54, 1.807) is 0 Å². The molecule has 3 heteroatoms. The normalized spacial score (nSPS) is 49.3. The standard InChI is InChI=1S/C11H20N2S/c1-8-6-14-11(12-8)5-9(2)13(7-11)10-3-4-10/h8-10,12H,3-7H2,1-2H3. The number of hydrogen-bond donors (Lipinski definition) is 1. The number of nitrogens with one attached hydrogen (secondary N) is 1. The predicted octanol–water partition coefficient (Wildman–Crippen LogP) is 1.66. The molecule has 2 saturated heterocycles. The third-order valence-electron chi connectivity index (χ3n) is 3.76. The topological polar surface area (TPSA) is 15.3 Å². The van der Waals surface area contributed by atoms with Gasteiger partial charge in [0.15, 0.2) is 0 Å². The van der Waals surface area contributed by atoms with Gasteiger partial charge < -0.3 is 0 Å². The fourth-order valence-corrected chi connectivity index (χ4v) is 4.57. The Bertz CT molecular complexity index is 241. The highest BCUT2D eigenvalue weighted by atomic mass is 32.2. The van der Waals surface area contributed by atoms with E-state index in [2.05, 4.69) is 35.8 Å². The van der Waals surface area contributed by atoms with Gasteiger partial charge in [0.2, 0.25) is 0 Å². The first-order valence-corrected chi connectivity index (χ1v) is 6.84. The van der Waals surface area contributed by atoms with E-state index < -0.39 is 0 Å². The zero-order valence-corrected chi connectivity index (χ0v) is 9.94. The number of thioether (sulfide) groups is 1. The van der Waals surface area contributed by atoms with E-state index in [0.717, 1.165) is 12.1 Å². The van der Waals surface area contributed by atoms with Gasteiger partial charge in [0, 0.05) is 30.4 Å². The lowest BCUT2D eigenvalue weighted by Gasteiger charge is -2.24. The summed E-state index contributed by atoms with van der Waals surface area (Å²) in [6.45, 7) is 6.00. The summed E-state index contributed by atoms with van der Waals surface area (Å²) in [7, 11) is 0. The van der Waals surface area contributed by atoms with Gasteiger partial charge in [-0.25, -0.2) is 0 Å². The van der Waals surface area contributed by atoms with Gasteiger partial charge in [-0.3, -0.25) is 10.2 Å². The summed E-state index contributed by atoms with van der Waals surface area (Å²) in [4.78, 5) is 3.15. The predicted molar refractivity (Wildman–Crippen MR) is 61.6 cm³/mol. The van der Waals surface area contributed by atoms with Crippen LogP contribution in [0.2, 0.25) is 0 Å². The lowest BCUT2D eigenvalue weighted by molar-refractivity contribution is 0.253. The lowest BCUT2D eigenvalue weighted by Crippen LogP contribution is -2.43. The van der Waals surface area contributed by atoms with Crippen LogP contribution in [0.5, 0.6) is 0 Å². The number of hydrogen-bond acceptors (Lipinski definition) is 3. The highest BCUT2D eigenvalue weighted by molar-refractivity contribution is 8.01. The Morgan fingerprint density at radius 1 is 1.36 bits per heavy atom. The molecule has 0 bridgehead atoms. The van der Waals surface area contributed by atoms with E-state index in [9.17, 15) is 0 Å². The van der Waals surface area contributed by atoms with Gasteiger partial charge in [0.25, 0.3) is 0 Å². The van der Waals surface area contributed by atoms with Crippen molar-refractivity contribution in [3.05, 3.63) is 0 Å². The van der Waals surface area contributed by atoms with E-state index in [0.29, 0.717) is 10.9 Å². The molecular formula is C11H20N2S. The minimum atomic E-state index is 0.418. The third-order valence-corrected chi connectivity index (χ3v) is 5.40. The Morgan fingerprint density at radius 3 is 2.71 bits per heavy atom. The van der Waals surface area contributed by atoms with Crippen molar-refractivity contribution in [2.24, 2.45) is 0 Å². The van der Waals surface area contributed by atoms with Crippen LogP contribution in [-0.2, 0) is 0 Å². The van der Waals surface area contributed by atoms with Gasteiger partial charge in [0.05, 0.1) is 4.87 Å². The molecule has 2 nitrogen and oxygen atoms in total. The highest BCUT2D eigenvalue weighted by Crippen LogP contribution is 2.44. The molecule has 1 N–H and O–H groups in total. The van der Waals surface area contributed by atoms with Crippen molar-refractivity contribution in [2.45, 2.75) is 56.1 Å². The molecule has 0 aromatic heterocycles. The molecule has 0 amide bonds. The summed E-state index contributed by atoms with van der Waals surface area (Å²) >= 11 is 2.16. The second kappa shape index (κ2) is 3.13. The quantitative estimate of drug-likeness (QED) is 0.712. The summed E-state index contributed by atoms with van der Waals surface area (Å²) in [5.41, 5.74) is 0. The molecule has 1 spiro atoms. The van der Waals surface area contributed by atoms with E-state index >= 15 is 0 Å². The van der Waals surface area contributed by atoms with Crippen molar-refractivity contribution in [3.8, 4) is 0 Å². The van der Waals surface area contributed by atoms with Gasteiger partial charge >= 0.3 is 0 Å². The van der Waals surface area contributed by atoms with E-state index in [1.807, 2.05) is 0 Å². The molecule has 3 rings (SSSR count). The molecule has 0 aromatic rings. The van der Waals surface area contributed by atoms with Gasteiger partial charge in [0.1, 0.15) is 0 Å². The molecule has 14 heavy (non-hydrogen) atoms. The van der Waals surface area contributed by atoms with Gasteiger partial charge in [-0.15, -0.1) is 11.8 Å². The van der Waals surface area contributed by atoms with Crippen molar-refractivity contribution in [1.29, 1.82) is 0 Å². The van der Waals surface area contributed by atoms with E-state index in [1.165, 1.54) is 31.6 Å². The van der Waals surface area contributed by atoms with Gasteiger partial charge in [-0.05, 0) is 33.1 Å². The molecule has 80 valence electrons. The van der Waals surface area contributed by atoms with Crippen LogP contribution >= 0.6 is 11.8 Å². The second-order valence-electron chi connectivity index (χ2n) is 5.31. The smallest absolute Gasteiger partial charge is 0.0791 e. The summed E-state index contributed by atoms with van der Waals surface area (Å²) in [6, 6.07) is 2.45. The summed E-state index contributed by atoms with van der Waals surface area (Å²) < 4.78 is 0. The molecule has 0 radical (unpaired) electrons. The molecule has 2 aliphatic heterocycles. The van der Waals surface area contributed by atoms with Crippen LogP contribution in [0.25, 0.3) is 0 Å². The Balaban J connectivity index is 1.72. The number of likely N-dealkylation sites (tertiary alicyclic amines) is 1. The molecular weight excluding hydrogens is 192 g/mol. The summed E-state index contributed by atoms with van der Waals surface area (Å²) in [5.74, 6) is 1.30. The molecule has 2 heterocycles. The summed E-state index contributed by atoms with van der Waals surface area (Å²) in [6.07, 6.45) is 4.24. The maximum Gasteiger partial charge on any atom is 0.0791 e. The molecule has 1 aliphatic carbocycles. The van der Waals surface area contributed by atoms with E-state index in [-0.39, 0.29) is 0 Å². The Morgan fingerprint density at radius 2 is 2.14 bits per heavy atom. The van der Waals surface area contributed by atoms with Crippen LogP contribution in [0.15, 0.2) is 0 Å². The second-order valence-corrected chi connectivity index (χ2v) is 6.71. The zero-order chi connectivity index (χ0) is 9.76. The van der Waals surface area contributed by atoms with E-state index in [4.69, 9.17) is 0 Å². The fraction of sp³-hybridized carbons (Fsp3) is 1.00. The van der Waals surface area contributed by atoms with Crippen LogP contribution in [0.4, 0.5) is 0 Å². The first kappa shape index (κ1) is 9.49. The molecule has 3 unspecified atom stereocenters. The maximum atomic E-state index is 3.79. The van der Waals surface area contributed by atoms with Gasteiger partial charge in [-0.2, -0.15) is 0 Å². The van der Waals surface area contributed by atoms with Crippen LogP contribution in [0.3, 0.4) is 0 Å². The Kier molecular flexibility index (Phi) is 2.12. The fourth-order valence-electron chi connectivity index (χ4n) is 3.03. The highest BCUT2D eigenvalue weighted by Gasteiger charge is 2.49. The SMILES string of the molecule is CC1CSC2(CC(C)N(C3CC3)C2)N1. The molecule has 3 fully saturated rings. The van der Waals surface area contributed by atoms with Crippen LogP contribution in [0.1, 0.15) is 33.1 Å². The van der Waals surface area contributed by atoms with Crippen LogP contribution < -0.4 is 5.32 Å². The monoisotopic (exact) mass is 212 g/mol. The summed E-state index contributed by atoms with van der Waals surface area (Å²) in [5, 5.41) is 3.79. The number of nitrogens with zero attached hydrogens (tertiary/aromatic N) is 1. The maximum absolute atomic E-state index is 3.79. The van der Waals surface area contributed by atoms with Crippen LogP contribution in [-0.4, -0.2) is 40.2 Å². The number of rotatable bonds is 1. The molecule has 1 saturated carbocycles. The lowest BCUT2D eigenvalue weighted by atomic mass is 10.1. The minimum Gasteiger partial charge on any atom is -0.298 e. The average molecular weight is 212 g/mol. The third kappa shape index (κ3) is 1.50. The first-order chi connectivity index (χ1) is 6.69. The Hall–Kier alpha value is 0.270. The Labute approximate surface area is 90.8 Å². The van der Waals surface area contributed by atoms with Gasteiger partial charge in [-0.1, -0.05) is 0 Å². The first-order valence-electron chi connectivity index (χ1n) is 5.86. The van der Waals surface area contributed by atoms with Crippen molar-refractivity contribution >= 4 is 11.8 Å². The zero-order valence-electron chi connectivity index (χ0n) is 9.12. The molecule has 3 atom stereocenters. The molecule has 0 aromatic carbocycles. The van der Waals surface area contributed by atoms with Crippen molar-refractivity contribution in [3.63, 3.8) is 0 Å². The average Bonchev–Trinajstić information content (AvgIpc) is 2.84. The minimum absolute atomic E-state index is 0.418. The van der Waals surface area contributed by atoms with Crippen molar-refractivity contribution in [1.82, 2.24) is 10.2 Å². The van der Waals surface area contributed by atoms with Crippen molar-refractivity contribution in [2.75, 3.05) is 12.3 Å². The largest absolute Gasteiger partial charge is 0.298 e. The van der Waals surface area contributed by atoms with Crippen LogP contribution in [0, 0.1) is 0 Å². The molecule has 3 aliphatic rings. The van der Waals surface area contributed by atoms with Crippen molar-refractivity contribution < 1.29 is 0 Å².